The number of esters is 3. The largest absolute Gasteiger partial charge is 0.459 e. The lowest BCUT2D eigenvalue weighted by Crippen LogP contribution is -2.45. The monoisotopic (exact) mass is 520 g/mol. The minimum atomic E-state index is -1.14. The lowest BCUT2D eigenvalue weighted by atomic mass is 10.1. The highest BCUT2D eigenvalue weighted by Crippen LogP contribution is 2.32. The van der Waals surface area contributed by atoms with Crippen LogP contribution in [0.15, 0.2) is 91.0 Å². The Morgan fingerprint density at radius 2 is 1.08 bits per heavy atom. The van der Waals surface area contributed by atoms with Crippen molar-refractivity contribution in [2.24, 2.45) is 0 Å². The van der Waals surface area contributed by atoms with E-state index in [0.717, 1.165) is 0 Å². The highest BCUT2D eigenvalue weighted by molar-refractivity contribution is 5.91. The molecule has 9 nitrogen and oxygen atoms in total. The van der Waals surface area contributed by atoms with Crippen molar-refractivity contribution < 1.29 is 42.8 Å². The number of rotatable bonds is 10. The van der Waals surface area contributed by atoms with E-state index in [9.17, 15) is 14.4 Å². The molecule has 1 aliphatic rings. The minimum absolute atomic E-state index is 0.281. The molecule has 0 aromatic heterocycles. The molecule has 0 spiro atoms. The maximum Gasteiger partial charge on any atom is 0.338 e. The second-order valence-corrected chi connectivity index (χ2v) is 8.42. The van der Waals surface area contributed by atoms with Crippen molar-refractivity contribution in [2.75, 3.05) is 20.8 Å². The van der Waals surface area contributed by atoms with Gasteiger partial charge in [-0.05, 0) is 36.4 Å². The topological polar surface area (TPSA) is 107 Å². The first-order valence-electron chi connectivity index (χ1n) is 12.0. The highest BCUT2D eigenvalue weighted by Gasteiger charge is 2.53. The van der Waals surface area contributed by atoms with Crippen LogP contribution in [0, 0.1) is 0 Å². The molecule has 0 amide bonds. The van der Waals surface area contributed by atoms with E-state index in [0.29, 0.717) is 16.7 Å². The van der Waals surface area contributed by atoms with E-state index in [1.54, 1.807) is 91.0 Å². The lowest BCUT2D eigenvalue weighted by Gasteiger charge is -2.27. The van der Waals surface area contributed by atoms with Gasteiger partial charge in [-0.1, -0.05) is 54.6 Å². The smallest absolute Gasteiger partial charge is 0.338 e. The molecule has 1 heterocycles. The summed E-state index contributed by atoms with van der Waals surface area (Å²) in [5.41, 5.74) is 0.933. The van der Waals surface area contributed by atoms with Gasteiger partial charge in [0.15, 0.2) is 18.5 Å². The number of carbonyl (C=O) groups is 3. The van der Waals surface area contributed by atoms with Gasteiger partial charge in [-0.3, -0.25) is 0 Å². The number of hydrogen-bond donors (Lipinski definition) is 0. The molecule has 9 heteroatoms. The van der Waals surface area contributed by atoms with Crippen molar-refractivity contribution in [1.29, 1.82) is 0 Å². The van der Waals surface area contributed by atoms with Gasteiger partial charge in [0.05, 0.1) is 16.7 Å². The number of benzene rings is 3. The molecular formula is C29H28O9. The van der Waals surface area contributed by atoms with Crippen LogP contribution in [-0.4, -0.2) is 69.4 Å². The lowest BCUT2D eigenvalue weighted by molar-refractivity contribution is -0.194. The van der Waals surface area contributed by atoms with Gasteiger partial charge in [-0.2, -0.15) is 0 Å². The molecule has 0 bridgehead atoms. The predicted octanol–water partition coefficient (Wildman–Crippen LogP) is 3.68. The molecule has 38 heavy (non-hydrogen) atoms. The third kappa shape index (κ3) is 6.44. The fourth-order valence-corrected chi connectivity index (χ4v) is 4.10. The molecule has 198 valence electrons. The van der Waals surface area contributed by atoms with Crippen LogP contribution in [-0.2, 0) is 28.4 Å². The maximum atomic E-state index is 13.0. The van der Waals surface area contributed by atoms with Crippen molar-refractivity contribution in [2.45, 2.75) is 30.7 Å². The molecule has 1 fully saturated rings. The first-order chi connectivity index (χ1) is 18.5. The summed E-state index contributed by atoms with van der Waals surface area (Å²) in [6.45, 7) is -0.281. The maximum absolute atomic E-state index is 13.0. The molecule has 0 unspecified atom stereocenters. The molecule has 0 saturated carbocycles. The average Bonchev–Trinajstić information content (AvgIpc) is 3.29. The van der Waals surface area contributed by atoms with Crippen LogP contribution in [0.2, 0.25) is 0 Å². The van der Waals surface area contributed by atoms with Crippen LogP contribution in [0.25, 0.3) is 0 Å². The van der Waals surface area contributed by atoms with Crippen molar-refractivity contribution in [3.05, 3.63) is 108 Å². The number of methoxy groups -OCH3 is 2. The molecule has 0 radical (unpaired) electrons. The quantitative estimate of drug-likeness (QED) is 0.225. The second-order valence-electron chi connectivity index (χ2n) is 8.42. The standard InChI is InChI=1S/C29H28O9/c1-33-29(34-2)25-24(38-28(32)21-16-10-5-11-17-21)23(37-27(31)20-14-8-4-9-15-20)22(36-25)18-35-26(30)19-12-6-3-7-13-19/h3-17,22-25,29H,18H2,1-2H3/t22-,23+,24+,25+/m0/s1. The van der Waals surface area contributed by atoms with Crippen molar-refractivity contribution in [1.82, 2.24) is 0 Å². The average molecular weight is 521 g/mol. The van der Waals surface area contributed by atoms with Gasteiger partial charge in [-0.15, -0.1) is 0 Å². The van der Waals surface area contributed by atoms with Gasteiger partial charge < -0.3 is 28.4 Å². The molecule has 1 aliphatic heterocycles. The van der Waals surface area contributed by atoms with E-state index in [4.69, 9.17) is 28.4 Å². The molecule has 0 aliphatic carbocycles. The Labute approximate surface area is 220 Å². The molecular weight excluding hydrogens is 492 g/mol. The van der Waals surface area contributed by atoms with Crippen LogP contribution in [0.4, 0.5) is 0 Å². The van der Waals surface area contributed by atoms with Gasteiger partial charge in [-0.25, -0.2) is 14.4 Å². The van der Waals surface area contributed by atoms with Crippen molar-refractivity contribution in [3.63, 3.8) is 0 Å². The van der Waals surface area contributed by atoms with Gasteiger partial charge in [0.25, 0.3) is 0 Å². The van der Waals surface area contributed by atoms with E-state index in [2.05, 4.69) is 0 Å². The van der Waals surface area contributed by atoms with Crippen LogP contribution in [0.3, 0.4) is 0 Å². The first kappa shape index (κ1) is 27.0. The summed E-state index contributed by atoms with van der Waals surface area (Å²) in [6.07, 6.45) is -5.23. The predicted molar refractivity (Wildman–Crippen MR) is 134 cm³/mol. The molecule has 0 N–H and O–H groups in total. The second kappa shape index (κ2) is 13.0. The Morgan fingerprint density at radius 1 is 0.658 bits per heavy atom. The summed E-state index contributed by atoms with van der Waals surface area (Å²) >= 11 is 0. The minimum Gasteiger partial charge on any atom is -0.459 e. The van der Waals surface area contributed by atoms with Gasteiger partial charge >= 0.3 is 17.9 Å². The van der Waals surface area contributed by atoms with Crippen molar-refractivity contribution >= 4 is 17.9 Å². The summed E-state index contributed by atoms with van der Waals surface area (Å²) in [7, 11) is 2.81. The van der Waals surface area contributed by atoms with E-state index in [1.165, 1.54) is 14.2 Å². The van der Waals surface area contributed by atoms with Gasteiger partial charge in [0.2, 0.25) is 0 Å². The Bertz CT molecular complexity index is 1200. The Kier molecular flexibility index (Phi) is 9.21. The van der Waals surface area contributed by atoms with Crippen LogP contribution >= 0.6 is 0 Å². The highest BCUT2D eigenvalue weighted by atomic mass is 16.7. The fourth-order valence-electron chi connectivity index (χ4n) is 4.10. The fraction of sp³-hybridized carbons (Fsp3) is 0.276. The van der Waals surface area contributed by atoms with Gasteiger partial charge in [0.1, 0.15) is 18.8 Å². The normalized spacial score (nSPS) is 20.6. The molecule has 3 aromatic carbocycles. The summed E-state index contributed by atoms with van der Waals surface area (Å²) in [5, 5.41) is 0. The third-order valence-corrected chi connectivity index (χ3v) is 5.97. The number of ether oxygens (including phenoxy) is 6. The zero-order valence-electron chi connectivity index (χ0n) is 20.9. The third-order valence-electron chi connectivity index (χ3n) is 5.97. The van der Waals surface area contributed by atoms with E-state index >= 15 is 0 Å². The molecule has 4 atom stereocenters. The van der Waals surface area contributed by atoms with E-state index in [1.807, 2.05) is 0 Å². The van der Waals surface area contributed by atoms with E-state index in [-0.39, 0.29) is 6.61 Å². The molecule has 3 aromatic rings. The van der Waals surface area contributed by atoms with Crippen LogP contribution in [0.1, 0.15) is 31.1 Å². The molecule has 4 rings (SSSR count). The Hall–Kier alpha value is -4.05. The zero-order chi connectivity index (χ0) is 26.9. The van der Waals surface area contributed by atoms with Crippen molar-refractivity contribution in [3.8, 4) is 0 Å². The van der Waals surface area contributed by atoms with E-state index < -0.39 is 48.6 Å². The van der Waals surface area contributed by atoms with Crippen LogP contribution in [0.5, 0.6) is 0 Å². The number of carbonyl (C=O) groups excluding carboxylic acids is 3. The zero-order valence-corrected chi connectivity index (χ0v) is 20.9. The first-order valence-corrected chi connectivity index (χ1v) is 12.0. The van der Waals surface area contributed by atoms with Gasteiger partial charge in [0, 0.05) is 14.2 Å². The summed E-state index contributed by atoms with van der Waals surface area (Å²) in [4.78, 5) is 38.7. The molecule has 1 saturated heterocycles. The Morgan fingerprint density at radius 3 is 1.53 bits per heavy atom. The summed E-state index contributed by atoms with van der Waals surface area (Å²) < 4.78 is 34.0. The van der Waals surface area contributed by atoms with Crippen LogP contribution < -0.4 is 0 Å². The number of hydrogen-bond acceptors (Lipinski definition) is 9. The summed E-state index contributed by atoms with van der Waals surface area (Å²) in [5.74, 6) is -1.90. The SMILES string of the molecule is COC(OC)[C@@H]1O[C@@H](COC(=O)c2ccccc2)[C@@H](OC(=O)c2ccccc2)[C@H]1OC(=O)c1ccccc1. The Balaban J connectivity index is 1.61. The summed E-state index contributed by atoms with van der Waals surface area (Å²) in [6, 6.07) is 25.2.